The van der Waals surface area contributed by atoms with Gasteiger partial charge in [0.25, 0.3) is 5.91 Å². The number of rotatable bonds is 8. The van der Waals surface area contributed by atoms with E-state index in [1.165, 1.54) is 4.88 Å². The van der Waals surface area contributed by atoms with Crippen molar-refractivity contribution in [2.75, 3.05) is 18.9 Å². The molecule has 2 aromatic rings. The van der Waals surface area contributed by atoms with Crippen LogP contribution in [0.25, 0.3) is 0 Å². The Balaban J connectivity index is 1.60. The fourth-order valence-corrected chi connectivity index (χ4v) is 3.63. The maximum absolute atomic E-state index is 11.8. The molecule has 1 heterocycles. The first-order chi connectivity index (χ1) is 11.2. The molecule has 0 radical (unpaired) electrons. The number of amides is 1. The van der Waals surface area contributed by atoms with Crippen molar-refractivity contribution in [1.29, 1.82) is 0 Å². The van der Waals surface area contributed by atoms with E-state index in [2.05, 4.69) is 11.4 Å². The molecule has 1 aromatic carbocycles. The first-order valence-electron chi connectivity index (χ1n) is 6.95. The molecule has 7 heteroatoms. The first-order valence-corrected chi connectivity index (χ1v) is 9.36. The van der Waals surface area contributed by atoms with E-state index in [9.17, 15) is 9.59 Å². The van der Waals surface area contributed by atoms with Crippen LogP contribution >= 0.6 is 34.7 Å². The molecule has 1 aromatic heterocycles. The summed E-state index contributed by atoms with van der Waals surface area (Å²) in [5, 5.41) is 5.07. The second-order valence-corrected chi connectivity index (χ2v) is 7.08. The average Bonchev–Trinajstić information content (AvgIpc) is 3.06. The number of benzene rings is 1. The number of carbonyl (C=O) groups excluding carboxylic acids is 2. The molecule has 0 unspecified atom stereocenters. The lowest BCUT2D eigenvalue weighted by molar-refractivity contribution is -0.124. The smallest absolute Gasteiger partial charge is 0.340 e. The number of ether oxygens (including phenoxy) is 1. The number of thioether (sulfide) groups is 1. The molecule has 0 spiro atoms. The highest BCUT2D eigenvalue weighted by atomic mass is 35.5. The van der Waals surface area contributed by atoms with Crippen LogP contribution in [0, 0.1) is 0 Å². The third-order valence-corrected chi connectivity index (χ3v) is 5.22. The van der Waals surface area contributed by atoms with Crippen LogP contribution < -0.4 is 5.32 Å². The molecule has 0 saturated heterocycles. The molecule has 0 fully saturated rings. The Bertz CT molecular complexity index is 647. The van der Waals surface area contributed by atoms with E-state index in [1.54, 1.807) is 47.4 Å². The van der Waals surface area contributed by atoms with Crippen LogP contribution in [0.1, 0.15) is 15.2 Å². The van der Waals surface area contributed by atoms with Gasteiger partial charge in [-0.3, -0.25) is 4.79 Å². The molecule has 122 valence electrons. The van der Waals surface area contributed by atoms with Gasteiger partial charge < -0.3 is 10.1 Å². The van der Waals surface area contributed by atoms with Crippen molar-refractivity contribution in [2.45, 2.75) is 5.75 Å². The topological polar surface area (TPSA) is 55.4 Å². The summed E-state index contributed by atoms with van der Waals surface area (Å²) in [6.07, 6.45) is 0. The molecule has 0 aliphatic rings. The maximum Gasteiger partial charge on any atom is 0.340 e. The molecule has 2 rings (SSSR count). The summed E-state index contributed by atoms with van der Waals surface area (Å²) < 4.78 is 4.95. The Morgan fingerprint density at radius 2 is 2.04 bits per heavy atom. The Kier molecular flexibility index (Phi) is 7.45. The van der Waals surface area contributed by atoms with Gasteiger partial charge in [0.05, 0.1) is 10.6 Å². The summed E-state index contributed by atoms with van der Waals surface area (Å²) in [6, 6.07) is 10.7. The van der Waals surface area contributed by atoms with Gasteiger partial charge in [-0.15, -0.1) is 11.3 Å². The van der Waals surface area contributed by atoms with E-state index in [-0.39, 0.29) is 18.1 Å². The molecule has 0 aliphatic heterocycles. The number of carbonyl (C=O) groups is 2. The fourth-order valence-electron chi connectivity index (χ4n) is 1.72. The number of hydrogen-bond donors (Lipinski definition) is 1. The zero-order chi connectivity index (χ0) is 16.5. The van der Waals surface area contributed by atoms with Gasteiger partial charge in [-0.05, 0) is 23.6 Å². The first kappa shape index (κ1) is 17.8. The minimum atomic E-state index is -0.599. The minimum Gasteiger partial charge on any atom is -0.452 e. The van der Waals surface area contributed by atoms with Crippen LogP contribution in [0.15, 0.2) is 41.8 Å². The molecule has 0 atom stereocenters. The Morgan fingerprint density at radius 1 is 1.22 bits per heavy atom. The van der Waals surface area contributed by atoms with Crippen molar-refractivity contribution in [1.82, 2.24) is 5.32 Å². The Hall–Kier alpha value is -1.50. The third kappa shape index (κ3) is 6.25. The summed E-state index contributed by atoms with van der Waals surface area (Å²) in [4.78, 5) is 24.7. The van der Waals surface area contributed by atoms with Gasteiger partial charge in [-0.25, -0.2) is 4.79 Å². The van der Waals surface area contributed by atoms with Crippen LogP contribution in [0.4, 0.5) is 0 Å². The minimum absolute atomic E-state index is 0.258. The fraction of sp³-hybridized carbons (Fsp3) is 0.250. The van der Waals surface area contributed by atoms with Gasteiger partial charge in [0.2, 0.25) is 0 Å². The Morgan fingerprint density at radius 3 is 2.78 bits per heavy atom. The molecular weight excluding hydrogens is 354 g/mol. The summed E-state index contributed by atoms with van der Waals surface area (Å²) in [5.74, 6) is 0.830. The normalized spacial score (nSPS) is 10.3. The van der Waals surface area contributed by atoms with Crippen molar-refractivity contribution >= 4 is 46.6 Å². The van der Waals surface area contributed by atoms with Gasteiger partial charge >= 0.3 is 5.97 Å². The highest BCUT2D eigenvalue weighted by Gasteiger charge is 2.12. The summed E-state index contributed by atoms with van der Waals surface area (Å²) in [6.45, 7) is 0.234. The predicted molar refractivity (Wildman–Crippen MR) is 95.2 cm³/mol. The lowest BCUT2D eigenvalue weighted by Crippen LogP contribution is -2.30. The standard InChI is InChI=1S/C16H16ClNO3S2/c17-14-6-2-1-5-13(14)16(20)21-10-15(19)18-7-9-22-11-12-4-3-8-23-12/h1-6,8H,7,9-11H2,(H,18,19). The molecule has 0 aliphatic carbocycles. The van der Waals surface area contributed by atoms with Crippen LogP contribution in [0.5, 0.6) is 0 Å². The highest BCUT2D eigenvalue weighted by molar-refractivity contribution is 7.98. The molecule has 4 nitrogen and oxygen atoms in total. The van der Waals surface area contributed by atoms with Crippen molar-refractivity contribution < 1.29 is 14.3 Å². The van der Waals surface area contributed by atoms with E-state index in [0.717, 1.165) is 11.5 Å². The number of halogens is 1. The van der Waals surface area contributed by atoms with Crippen molar-refractivity contribution in [3.63, 3.8) is 0 Å². The maximum atomic E-state index is 11.8. The van der Waals surface area contributed by atoms with E-state index in [4.69, 9.17) is 16.3 Å². The quantitative estimate of drug-likeness (QED) is 0.570. The number of thiophene rings is 1. The SMILES string of the molecule is O=C(COC(=O)c1ccccc1Cl)NCCSCc1cccs1. The molecular formula is C16H16ClNO3S2. The van der Waals surface area contributed by atoms with Crippen LogP contribution in [0.2, 0.25) is 5.02 Å². The highest BCUT2D eigenvalue weighted by Crippen LogP contribution is 2.17. The summed E-state index contributed by atoms with van der Waals surface area (Å²) >= 11 is 9.36. The van der Waals surface area contributed by atoms with E-state index in [0.29, 0.717) is 11.6 Å². The lowest BCUT2D eigenvalue weighted by Gasteiger charge is -2.07. The summed E-state index contributed by atoms with van der Waals surface area (Å²) in [7, 11) is 0. The third-order valence-electron chi connectivity index (χ3n) is 2.82. The molecule has 1 N–H and O–H groups in total. The second-order valence-electron chi connectivity index (χ2n) is 4.54. The number of esters is 1. The van der Waals surface area contributed by atoms with Gasteiger partial charge in [-0.2, -0.15) is 11.8 Å². The average molecular weight is 370 g/mol. The number of hydrogen-bond acceptors (Lipinski definition) is 5. The zero-order valence-electron chi connectivity index (χ0n) is 12.3. The van der Waals surface area contributed by atoms with E-state index < -0.39 is 5.97 Å². The molecule has 0 saturated carbocycles. The van der Waals surface area contributed by atoms with Gasteiger partial charge in [0, 0.05) is 22.9 Å². The second kappa shape index (κ2) is 9.60. The number of nitrogens with one attached hydrogen (secondary N) is 1. The van der Waals surface area contributed by atoms with Crippen LogP contribution in [0.3, 0.4) is 0 Å². The molecule has 23 heavy (non-hydrogen) atoms. The predicted octanol–water partition coefficient (Wildman–Crippen LogP) is 3.61. The van der Waals surface area contributed by atoms with Gasteiger partial charge in [-0.1, -0.05) is 29.8 Å². The van der Waals surface area contributed by atoms with Crippen molar-refractivity contribution in [3.8, 4) is 0 Å². The van der Waals surface area contributed by atoms with Gasteiger partial charge in [0.15, 0.2) is 6.61 Å². The van der Waals surface area contributed by atoms with E-state index >= 15 is 0 Å². The van der Waals surface area contributed by atoms with Crippen LogP contribution in [-0.2, 0) is 15.3 Å². The lowest BCUT2D eigenvalue weighted by atomic mass is 10.2. The molecule has 1 amide bonds. The van der Waals surface area contributed by atoms with Crippen molar-refractivity contribution in [2.24, 2.45) is 0 Å². The zero-order valence-corrected chi connectivity index (χ0v) is 14.7. The summed E-state index contributed by atoms with van der Waals surface area (Å²) in [5.41, 5.74) is 0.258. The van der Waals surface area contributed by atoms with Crippen LogP contribution in [-0.4, -0.2) is 30.8 Å². The monoisotopic (exact) mass is 369 g/mol. The molecule has 0 bridgehead atoms. The largest absolute Gasteiger partial charge is 0.452 e. The van der Waals surface area contributed by atoms with Crippen molar-refractivity contribution in [3.05, 3.63) is 57.2 Å². The Labute approximate surface area is 148 Å². The van der Waals surface area contributed by atoms with Gasteiger partial charge in [0.1, 0.15) is 0 Å². The van der Waals surface area contributed by atoms with E-state index in [1.807, 2.05) is 11.4 Å².